The average molecular weight is 313 g/mol. The van der Waals surface area contributed by atoms with E-state index in [2.05, 4.69) is 10.4 Å². The van der Waals surface area contributed by atoms with Crippen LogP contribution in [0.15, 0.2) is 48.8 Å². The van der Waals surface area contributed by atoms with E-state index in [-0.39, 0.29) is 5.91 Å². The van der Waals surface area contributed by atoms with Crippen molar-refractivity contribution in [1.82, 2.24) is 9.78 Å². The number of hydrogen-bond donors (Lipinski definition) is 1. The van der Waals surface area contributed by atoms with Crippen LogP contribution in [0.1, 0.15) is 9.67 Å². The van der Waals surface area contributed by atoms with Crippen LogP contribution in [-0.4, -0.2) is 22.8 Å². The number of methoxy groups -OCH3 is 1. The van der Waals surface area contributed by atoms with Gasteiger partial charge in [0.1, 0.15) is 10.6 Å². The first-order chi connectivity index (χ1) is 10.7. The van der Waals surface area contributed by atoms with Gasteiger partial charge in [-0.15, -0.1) is 11.3 Å². The molecule has 0 fully saturated rings. The van der Waals surface area contributed by atoms with Crippen molar-refractivity contribution in [2.24, 2.45) is 7.05 Å². The number of amides is 1. The van der Waals surface area contributed by atoms with E-state index in [1.807, 2.05) is 36.4 Å². The second-order valence-corrected chi connectivity index (χ2v) is 5.78. The summed E-state index contributed by atoms with van der Waals surface area (Å²) in [5.74, 6) is 0.377. The van der Waals surface area contributed by atoms with E-state index in [9.17, 15) is 4.79 Å². The molecule has 2 heterocycles. The summed E-state index contributed by atoms with van der Waals surface area (Å²) in [7, 11) is 3.37. The Morgan fingerprint density at radius 2 is 2.09 bits per heavy atom. The standard InChI is InChI=1S/C16H15N3O2S/c1-19-10-12(9-17-19)18-16(20)15-13(21-2)8-14(22-15)11-6-4-3-5-7-11/h3-10H,1-2H3,(H,18,20). The summed E-state index contributed by atoms with van der Waals surface area (Å²) >= 11 is 1.41. The number of thiophene rings is 1. The first-order valence-corrected chi connectivity index (χ1v) is 7.52. The zero-order chi connectivity index (χ0) is 15.5. The molecule has 0 unspecified atom stereocenters. The van der Waals surface area contributed by atoms with Crippen LogP contribution < -0.4 is 10.1 Å². The molecule has 1 aromatic carbocycles. The Morgan fingerprint density at radius 1 is 1.32 bits per heavy atom. The van der Waals surface area contributed by atoms with E-state index >= 15 is 0 Å². The molecular formula is C16H15N3O2S. The zero-order valence-electron chi connectivity index (χ0n) is 12.2. The molecule has 0 spiro atoms. The van der Waals surface area contributed by atoms with Crippen molar-refractivity contribution in [2.45, 2.75) is 0 Å². The van der Waals surface area contributed by atoms with E-state index in [1.54, 1.807) is 31.2 Å². The lowest BCUT2D eigenvalue weighted by Crippen LogP contribution is -2.10. The zero-order valence-corrected chi connectivity index (χ0v) is 13.1. The predicted octanol–water partition coefficient (Wildman–Crippen LogP) is 3.41. The number of nitrogens with zero attached hydrogens (tertiary/aromatic N) is 2. The van der Waals surface area contributed by atoms with Gasteiger partial charge in [0.2, 0.25) is 0 Å². The second kappa shape index (κ2) is 6.03. The lowest BCUT2D eigenvalue weighted by Gasteiger charge is -2.02. The van der Waals surface area contributed by atoms with Gasteiger partial charge in [-0.05, 0) is 11.6 Å². The van der Waals surface area contributed by atoms with E-state index in [1.165, 1.54) is 11.3 Å². The minimum absolute atomic E-state index is 0.197. The Bertz CT molecular complexity index is 793. The number of carbonyl (C=O) groups excluding carboxylic acids is 1. The number of benzene rings is 1. The van der Waals surface area contributed by atoms with Crippen LogP contribution in [-0.2, 0) is 7.05 Å². The maximum atomic E-state index is 12.4. The summed E-state index contributed by atoms with van der Waals surface area (Å²) in [4.78, 5) is 14.0. The lowest BCUT2D eigenvalue weighted by atomic mass is 10.2. The van der Waals surface area contributed by atoms with E-state index < -0.39 is 0 Å². The molecule has 0 aliphatic carbocycles. The molecule has 1 N–H and O–H groups in total. The smallest absolute Gasteiger partial charge is 0.269 e. The summed E-state index contributed by atoms with van der Waals surface area (Å²) in [6.45, 7) is 0. The molecule has 3 rings (SSSR count). The van der Waals surface area contributed by atoms with Crippen molar-refractivity contribution < 1.29 is 9.53 Å². The molecule has 0 saturated carbocycles. The van der Waals surface area contributed by atoms with Gasteiger partial charge >= 0.3 is 0 Å². The van der Waals surface area contributed by atoms with Crippen LogP contribution in [0, 0.1) is 0 Å². The third-order valence-electron chi connectivity index (χ3n) is 3.15. The van der Waals surface area contributed by atoms with Gasteiger partial charge in [0.15, 0.2) is 0 Å². The maximum Gasteiger partial charge on any atom is 0.269 e. The first kappa shape index (κ1) is 14.3. The number of ether oxygens (including phenoxy) is 1. The van der Waals surface area contributed by atoms with Gasteiger partial charge in [-0.1, -0.05) is 30.3 Å². The molecule has 0 aliphatic rings. The predicted molar refractivity (Wildman–Crippen MR) is 87.5 cm³/mol. The molecule has 1 amide bonds. The molecule has 0 aliphatic heterocycles. The van der Waals surface area contributed by atoms with Gasteiger partial charge in [-0.2, -0.15) is 5.10 Å². The van der Waals surface area contributed by atoms with Crippen molar-refractivity contribution >= 4 is 22.9 Å². The lowest BCUT2D eigenvalue weighted by molar-refractivity contribution is 0.102. The number of nitrogens with one attached hydrogen (secondary N) is 1. The fourth-order valence-corrected chi connectivity index (χ4v) is 3.13. The molecular weight excluding hydrogens is 298 g/mol. The number of aromatic nitrogens is 2. The van der Waals surface area contributed by atoms with Crippen LogP contribution in [0.3, 0.4) is 0 Å². The number of anilines is 1. The number of aryl methyl sites for hydroxylation is 1. The van der Waals surface area contributed by atoms with Gasteiger partial charge in [-0.25, -0.2) is 0 Å². The Labute approximate surface area is 132 Å². The minimum atomic E-state index is -0.197. The topological polar surface area (TPSA) is 56.1 Å². The van der Waals surface area contributed by atoms with Crippen molar-refractivity contribution in [3.05, 3.63) is 53.7 Å². The van der Waals surface area contributed by atoms with Gasteiger partial charge < -0.3 is 10.1 Å². The Balaban J connectivity index is 1.89. The second-order valence-electron chi connectivity index (χ2n) is 4.73. The molecule has 3 aromatic rings. The fraction of sp³-hybridized carbons (Fsp3) is 0.125. The quantitative estimate of drug-likeness (QED) is 0.803. The molecule has 112 valence electrons. The maximum absolute atomic E-state index is 12.4. The van der Waals surface area contributed by atoms with Gasteiger partial charge in [0.05, 0.1) is 19.0 Å². The van der Waals surface area contributed by atoms with E-state index in [0.29, 0.717) is 16.3 Å². The molecule has 0 radical (unpaired) electrons. The third kappa shape index (κ3) is 2.87. The SMILES string of the molecule is COc1cc(-c2ccccc2)sc1C(=O)Nc1cnn(C)c1. The van der Waals surface area contributed by atoms with Gasteiger partial charge in [0, 0.05) is 18.1 Å². The highest BCUT2D eigenvalue weighted by atomic mass is 32.1. The monoisotopic (exact) mass is 313 g/mol. The van der Waals surface area contributed by atoms with Gasteiger partial charge in [-0.3, -0.25) is 9.48 Å². The summed E-state index contributed by atoms with van der Waals surface area (Å²) < 4.78 is 6.98. The summed E-state index contributed by atoms with van der Waals surface area (Å²) in [6.07, 6.45) is 3.35. The fourth-order valence-electron chi connectivity index (χ4n) is 2.10. The molecule has 0 bridgehead atoms. The van der Waals surface area contributed by atoms with Crippen LogP contribution in [0.5, 0.6) is 5.75 Å². The number of hydrogen-bond acceptors (Lipinski definition) is 4. The highest BCUT2D eigenvalue weighted by molar-refractivity contribution is 7.17. The van der Waals surface area contributed by atoms with E-state index in [4.69, 9.17) is 4.74 Å². The van der Waals surface area contributed by atoms with Crippen molar-refractivity contribution in [3.8, 4) is 16.2 Å². The Hall–Kier alpha value is -2.60. The molecule has 0 atom stereocenters. The molecule has 6 heteroatoms. The molecule has 2 aromatic heterocycles. The highest BCUT2D eigenvalue weighted by Crippen LogP contribution is 2.36. The van der Waals surface area contributed by atoms with Gasteiger partial charge in [0.25, 0.3) is 5.91 Å². The van der Waals surface area contributed by atoms with Crippen LogP contribution in [0.25, 0.3) is 10.4 Å². The van der Waals surface area contributed by atoms with E-state index in [0.717, 1.165) is 10.4 Å². The van der Waals surface area contributed by atoms with Crippen molar-refractivity contribution in [3.63, 3.8) is 0 Å². The normalized spacial score (nSPS) is 10.5. The largest absolute Gasteiger partial charge is 0.495 e. The van der Waals surface area contributed by atoms with Crippen LogP contribution >= 0.6 is 11.3 Å². The summed E-state index contributed by atoms with van der Waals surface area (Å²) in [6, 6.07) is 11.8. The number of carbonyl (C=O) groups is 1. The average Bonchev–Trinajstić information content (AvgIpc) is 3.14. The molecule has 22 heavy (non-hydrogen) atoms. The summed E-state index contributed by atoms with van der Waals surface area (Å²) in [5.41, 5.74) is 1.72. The molecule has 5 nitrogen and oxygen atoms in total. The number of rotatable bonds is 4. The van der Waals surface area contributed by atoms with Crippen LogP contribution in [0.2, 0.25) is 0 Å². The third-order valence-corrected chi connectivity index (χ3v) is 4.31. The highest BCUT2D eigenvalue weighted by Gasteiger charge is 2.18. The molecule has 0 saturated heterocycles. The Morgan fingerprint density at radius 3 is 2.73 bits per heavy atom. The first-order valence-electron chi connectivity index (χ1n) is 6.70. The van der Waals surface area contributed by atoms with Crippen LogP contribution in [0.4, 0.5) is 5.69 Å². The summed E-state index contributed by atoms with van der Waals surface area (Å²) in [5, 5.41) is 6.86. The Kier molecular flexibility index (Phi) is 3.93. The van der Waals surface area contributed by atoms with Crippen molar-refractivity contribution in [2.75, 3.05) is 12.4 Å². The minimum Gasteiger partial charge on any atom is -0.495 e. The van der Waals surface area contributed by atoms with Crippen molar-refractivity contribution in [1.29, 1.82) is 0 Å².